The van der Waals surface area contributed by atoms with Crippen LogP contribution in [0.2, 0.25) is 0 Å². The molecule has 1 aliphatic heterocycles. The number of rotatable bonds is 9. The fourth-order valence-corrected chi connectivity index (χ4v) is 2.77. The number of guanidine groups is 1. The first kappa shape index (κ1) is 23.9. The number of halogens is 1. The number of nitrogens with zero attached hydrogens (tertiary/aromatic N) is 3. The summed E-state index contributed by atoms with van der Waals surface area (Å²) in [7, 11) is 5.77. The lowest BCUT2D eigenvalue weighted by atomic mass is 10.0. The van der Waals surface area contributed by atoms with Crippen molar-refractivity contribution >= 4 is 35.8 Å². The standard InChI is InChI=1S/C19H33N5O2.HI/c1-20-19(23-14-17-5-9-21-18(13-17)24(2)3)22-8-4-10-26-15-16-6-11-25-12-7-16;/h5,9,13,16H,4,6-8,10-12,14-15H2,1-3H3,(H2,20,22,23);1H. The Labute approximate surface area is 180 Å². The van der Waals surface area contributed by atoms with Crippen LogP contribution in [0.3, 0.4) is 0 Å². The van der Waals surface area contributed by atoms with Gasteiger partial charge in [-0.2, -0.15) is 0 Å². The maximum Gasteiger partial charge on any atom is 0.191 e. The van der Waals surface area contributed by atoms with E-state index in [1.807, 2.05) is 31.3 Å². The van der Waals surface area contributed by atoms with Crippen LogP contribution < -0.4 is 15.5 Å². The van der Waals surface area contributed by atoms with Gasteiger partial charge in [-0.15, -0.1) is 24.0 Å². The largest absolute Gasteiger partial charge is 0.381 e. The number of pyridine rings is 1. The van der Waals surface area contributed by atoms with Crippen molar-refractivity contribution in [3.63, 3.8) is 0 Å². The van der Waals surface area contributed by atoms with Gasteiger partial charge in [0.2, 0.25) is 0 Å². The summed E-state index contributed by atoms with van der Waals surface area (Å²) in [5, 5.41) is 6.66. The third-order valence-corrected chi connectivity index (χ3v) is 4.40. The minimum atomic E-state index is 0. The number of nitrogens with one attached hydrogen (secondary N) is 2. The minimum Gasteiger partial charge on any atom is -0.381 e. The van der Waals surface area contributed by atoms with E-state index in [4.69, 9.17) is 9.47 Å². The van der Waals surface area contributed by atoms with Crippen molar-refractivity contribution in [1.82, 2.24) is 15.6 Å². The first-order valence-electron chi connectivity index (χ1n) is 9.41. The van der Waals surface area contributed by atoms with Crippen molar-refractivity contribution in [1.29, 1.82) is 0 Å². The maximum absolute atomic E-state index is 5.79. The molecule has 0 radical (unpaired) electrons. The SMILES string of the molecule is CN=C(NCCCOCC1CCOCC1)NCc1ccnc(N(C)C)c1.I. The topological polar surface area (TPSA) is 71.0 Å². The van der Waals surface area contributed by atoms with Crippen molar-refractivity contribution in [2.75, 3.05) is 59.0 Å². The van der Waals surface area contributed by atoms with E-state index in [2.05, 4.69) is 26.7 Å². The molecule has 0 aromatic carbocycles. The highest BCUT2D eigenvalue weighted by atomic mass is 127. The lowest BCUT2D eigenvalue weighted by Crippen LogP contribution is -2.37. The molecule has 1 saturated heterocycles. The third kappa shape index (κ3) is 9.57. The molecule has 2 heterocycles. The molecule has 1 aromatic rings. The van der Waals surface area contributed by atoms with Crippen LogP contribution in [0.4, 0.5) is 5.82 Å². The lowest BCUT2D eigenvalue weighted by molar-refractivity contribution is 0.0203. The van der Waals surface area contributed by atoms with Crippen molar-refractivity contribution < 1.29 is 9.47 Å². The van der Waals surface area contributed by atoms with Crippen LogP contribution in [-0.4, -0.2) is 65.1 Å². The summed E-state index contributed by atoms with van der Waals surface area (Å²) in [6.07, 6.45) is 5.04. The summed E-state index contributed by atoms with van der Waals surface area (Å²) in [6, 6.07) is 4.09. The maximum atomic E-state index is 5.79. The van der Waals surface area contributed by atoms with E-state index in [-0.39, 0.29) is 24.0 Å². The van der Waals surface area contributed by atoms with Crippen molar-refractivity contribution in [3.8, 4) is 0 Å². The number of hydrogen-bond acceptors (Lipinski definition) is 5. The lowest BCUT2D eigenvalue weighted by Gasteiger charge is -2.21. The molecule has 27 heavy (non-hydrogen) atoms. The highest BCUT2D eigenvalue weighted by Crippen LogP contribution is 2.14. The van der Waals surface area contributed by atoms with E-state index in [0.29, 0.717) is 12.5 Å². The molecule has 0 saturated carbocycles. The Morgan fingerprint density at radius 3 is 2.81 bits per heavy atom. The van der Waals surface area contributed by atoms with E-state index in [9.17, 15) is 0 Å². The van der Waals surface area contributed by atoms with Gasteiger partial charge in [0.05, 0.1) is 0 Å². The highest BCUT2D eigenvalue weighted by molar-refractivity contribution is 14.0. The van der Waals surface area contributed by atoms with Gasteiger partial charge in [-0.3, -0.25) is 4.99 Å². The van der Waals surface area contributed by atoms with Gasteiger partial charge in [-0.25, -0.2) is 4.98 Å². The average molecular weight is 491 g/mol. The first-order valence-corrected chi connectivity index (χ1v) is 9.41. The summed E-state index contributed by atoms with van der Waals surface area (Å²) in [4.78, 5) is 10.6. The Kier molecular flexibility index (Phi) is 12.4. The van der Waals surface area contributed by atoms with Gasteiger partial charge >= 0.3 is 0 Å². The Hall–Kier alpha value is -1.13. The molecular formula is C19H34IN5O2. The predicted octanol–water partition coefficient (Wildman–Crippen LogP) is 2.26. The highest BCUT2D eigenvalue weighted by Gasteiger charge is 2.13. The molecule has 2 rings (SSSR count). The third-order valence-electron chi connectivity index (χ3n) is 4.40. The fourth-order valence-electron chi connectivity index (χ4n) is 2.77. The van der Waals surface area contributed by atoms with Crippen LogP contribution in [-0.2, 0) is 16.0 Å². The van der Waals surface area contributed by atoms with Crippen LogP contribution in [0.15, 0.2) is 23.3 Å². The molecule has 1 fully saturated rings. The van der Waals surface area contributed by atoms with Crippen molar-refractivity contribution in [2.24, 2.45) is 10.9 Å². The minimum absolute atomic E-state index is 0. The molecule has 8 heteroatoms. The first-order chi connectivity index (χ1) is 12.7. The van der Waals surface area contributed by atoms with Gasteiger partial charge in [0, 0.05) is 66.9 Å². The quantitative estimate of drug-likeness (QED) is 0.239. The smallest absolute Gasteiger partial charge is 0.191 e. The van der Waals surface area contributed by atoms with Crippen LogP contribution >= 0.6 is 24.0 Å². The van der Waals surface area contributed by atoms with E-state index < -0.39 is 0 Å². The average Bonchev–Trinajstić information content (AvgIpc) is 2.68. The van der Waals surface area contributed by atoms with E-state index in [0.717, 1.165) is 64.0 Å². The second kappa shape index (κ2) is 14.0. The molecule has 0 aliphatic carbocycles. The second-order valence-corrected chi connectivity index (χ2v) is 6.75. The molecule has 0 amide bonds. The summed E-state index contributed by atoms with van der Waals surface area (Å²) >= 11 is 0. The van der Waals surface area contributed by atoms with Crippen LogP contribution in [0, 0.1) is 5.92 Å². The van der Waals surface area contributed by atoms with Crippen LogP contribution in [0.25, 0.3) is 0 Å². The van der Waals surface area contributed by atoms with Crippen molar-refractivity contribution in [2.45, 2.75) is 25.8 Å². The van der Waals surface area contributed by atoms with Gasteiger partial charge < -0.3 is 25.0 Å². The number of hydrogen-bond donors (Lipinski definition) is 2. The van der Waals surface area contributed by atoms with Gasteiger partial charge in [0.25, 0.3) is 0 Å². The fraction of sp³-hybridized carbons (Fsp3) is 0.684. The molecule has 154 valence electrons. The molecule has 0 bridgehead atoms. The number of aliphatic imine (C=N–C) groups is 1. The van der Waals surface area contributed by atoms with E-state index >= 15 is 0 Å². The zero-order valence-corrected chi connectivity index (χ0v) is 19.1. The molecular weight excluding hydrogens is 457 g/mol. The summed E-state index contributed by atoms with van der Waals surface area (Å²) in [6.45, 7) is 4.94. The summed E-state index contributed by atoms with van der Waals surface area (Å²) < 4.78 is 11.2. The van der Waals surface area contributed by atoms with Gasteiger partial charge in [0.15, 0.2) is 5.96 Å². The zero-order valence-electron chi connectivity index (χ0n) is 16.7. The van der Waals surface area contributed by atoms with Crippen LogP contribution in [0.1, 0.15) is 24.8 Å². The predicted molar refractivity (Wildman–Crippen MR) is 121 cm³/mol. The van der Waals surface area contributed by atoms with E-state index in [1.54, 1.807) is 7.05 Å². The Balaban J connectivity index is 0.00000364. The number of aromatic nitrogens is 1. The Bertz CT molecular complexity index is 551. The Morgan fingerprint density at radius 1 is 1.33 bits per heavy atom. The number of anilines is 1. The molecule has 1 aromatic heterocycles. The molecule has 1 aliphatic rings. The van der Waals surface area contributed by atoms with Crippen LogP contribution in [0.5, 0.6) is 0 Å². The summed E-state index contributed by atoms with van der Waals surface area (Å²) in [5.41, 5.74) is 1.17. The van der Waals surface area contributed by atoms with Gasteiger partial charge in [-0.1, -0.05) is 0 Å². The van der Waals surface area contributed by atoms with Gasteiger partial charge in [0.1, 0.15) is 5.82 Å². The normalized spacial score (nSPS) is 15.1. The molecule has 0 spiro atoms. The monoisotopic (exact) mass is 491 g/mol. The molecule has 0 atom stereocenters. The second-order valence-electron chi connectivity index (χ2n) is 6.75. The molecule has 7 nitrogen and oxygen atoms in total. The Morgan fingerprint density at radius 2 is 2.11 bits per heavy atom. The molecule has 0 unspecified atom stereocenters. The van der Waals surface area contributed by atoms with Crippen molar-refractivity contribution in [3.05, 3.63) is 23.9 Å². The van der Waals surface area contributed by atoms with E-state index in [1.165, 1.54) is 5.56 Å². The molecule has 2 N–H and O–H groups in total. The summed E-state index contributed by atoms with van der Waals surface area (Å²) in [5.74, 6) is 2.42. The van der Waals surface area contributed by atoms with Gasteiger partial charge in [-0.05, 0) is 42.9 Å². The number of ether oxygens (including phenoxy) is 2. The zero-order chi connectivity index (χ0) is 18.6.